The maximum atomic E-state index is 2.33. The van der Waals surface area contributed by atoms with Gasteiger partial charge >= 0.3 is 0 Å². The van der Waals surface area contributed by atoms with Gasteiger partial charge in [0.25, 0.3) is 0 Å². The van der Waals surface area contributed by atoms with Gasteiger partial charge < -0.3 is 4.90 Å². The quantitative estimate of drug-likeness (QED) is 0.759. The Labute approximate surface area is 91.7 Å². The molecule has 64 valence electrons. The fourth-order valence-electron chi connectivity index (χ4n) is 1.23. The minimum absolute atomic E-state index is 0. The Morgan fingerprint density at radius 3 is 1.92 bits per heavy atom. The van der Waals surface area contributed by atoms with Crippen LogP contribution in [0.3, 0.4) is 0 Å². The van der Waals surface area contributed by atoms with Crippen LogP contribution >= 0.6 is 0 Å². The summed E-state index contributed by atoms with van der Waals surface area (Å²) in [6, 6.07) is 10.5. The van der Waals surface area contributed by atoms with Crippen molar-refractivity contribution in [2.45, 2.75) is 13.8 Å². The van der Waals surface area contributed by atoms with Gasteiger partial charge in [-0.3, -0.25) is 0 Å². The summed E-state index contributed by atoms with van der Waals surface area (Å²) >= 11 is 0. The van der Waals surface area contributed by atoms with E-state index in [2.05, 4.69) is 43.0 Å². The van der Waals surface area contributed by atoms with Crippen molar-refractivity contribution in [2.24, 2.45) is 0 Å². The molecule has 0 aliphatic carbocycles. The van der Waals surface area contributed by atoms with E-state index in [0.717, 1.165) is 13.1 Å². The van der Waals surface area contributed by atoms with E-state index in [1.807, 2.05) is 6.07 Å². The molecule has 2 heteroatoms. The summed E-state index contributed by atoms with van der Waals surface area (Å²) in [5, 5.41) is 0. The standard InChI is InChI=1S/C10H15N.Sn/c1-3-11(4-2)10-8-6-5-7-9-10;/h5-9H,3-4H2,1-2H3;. The summed E-state index contributed by atoms with van der Waals surface area (Å²) in [6.07, 6.45) is 0. The van der Waals surface area contributed by atoms with Crippen molar-refractivity contribution in [3.8, 4) is 0 Å². The molecule has 0 fully saturated rings. The van der Waals surface area contributed by atoms with Crippen LogP contribution in [0.15, 0.2) is 30.3 Å². The average molecular weight is 268 g/mol. The van der Waals surface area contributed by atoms with E-state index in [-0.39, 0.29) is 23.9 Å². The number of para-hydroxylation sites is 1. The molecular weight excluding hydrogens is 253 g/mol. The minimum Gasteiger partial charge on any atom is -0.372 e. The Hall–Kier alpha value is -0.181. The second-order valence-electron chi connectivity index (χ2n) is 2.51. The molecule has 1 aromatic carbocycles. The third-order valence-corrected chi connectivity index (χ3v) is 1.88. The summed E-state index contributed by atoms with van der Waals surface area (Å²) in [5.74, 6) is 0. The Morgan fingerprint density at radius 1 is 1.00 bits per heavy atom. The van der Waals surface area contributed by atoms with Gasteiger partial charge in [0.15, 0.2) is 0 Å². The number of anilines is 1. The van der Waals surface area contributed by atoms with Crippen LogP contribution in [0.1, 0.15) is 13.8 Å². The molecule has 0 N–H and O–H groups in total. The molecule has 0 atom stereocenters. The van der Waals surface area contributed by atoms with Crippen LogP contribution in [0.2, 0.25) is 0 Å². The molecule has 0 spiro atoms. The molecule has 1 rings (SSSR count). The molecule has 0 amide bonds. The first-order valence-electron chi connectivity index (χ1n) is 4.18. The zero-order chi connectivity index (χ0) is 8.10. The van der Waals surface area contributed by atoms with Crippen LogP contribution in [-0.2, 0) is 0 Å². The molecule has 12 heavy (non-hydrogen) atoms. The zero-order valence-electron chi connectivity index (χ0n) is 7.75. The van der Waals surface area contributed by atoms with Crippen LogP contribution in [0.4, 0.5) is 5.69 Å². The molecule has 0 saturated carbocycles. The van der Waals surface area contributed by atoms with Crippen molar-refractivity contribution in [2.75, 3.05) is 18.0 Å². The monoisotopic (exact) mass is 269 g/mol. The van der Waals surface area contributed by atoms with Crippen molar-refractivity contribution >= 4 is 29.6 Å². The molecular formula is C10H15NSn. The first kappa shape index (κ1) is 11.8. The summed E-state index contributed by atoms with van der Waals surface area (Å²) in [6.45, 7) is 6.52. The summed E-state index contributed by atoms with van der Waals surface area (Å²) < 4.78 is 0. The van der Waals surface area contributed by atoms with Crippen molar-refractivity contribution in [1.29, 1.82) is 0 Å². The Morgan fingerprint density at radius 2 is 1.50 bits per heavy atom. The molecule has 0 unspecified atom stereocenters. The first-order valence-corrected chi connectivity index (χ1v) is 4.18. The zero-order valence-corrected chi connectivity index (χ0v) is 10.6. The van der Waals surface area contributed by atoms with Gasteiger partial charge in [0, 0.05) is 42.7 Å². The average Bonchev–Trinajstić information content (AvgIpc) is 2.09. The van der Waals surface area contributed by atoms with Gasteiger partial charge in [-0.25, -0.2) is 0 Å². The first-order chi connectivity index (χ1) is 5.38. The molecule has 1 nitrogen and oxygen atoms in total. The minimum atomic E-state index is 0. The van der Waals surface area contributed by atoms with E-state index >= 15 is 0 Å². The Kier molecular flexibility index (Phi) is 6.25. The van der Waals surface area contributed by atoms with Crippen molar-refractivity contribution in [1.82, 2.24) is 0 Å². The van der Waals surface area contributed by atoms with Crippen molar-refractivity contribution in [3.05, 3.63) is 30.3 Å². The molecule has 0 saturated heterocycles. The fourth-order valence-corrected chi connectivity index (χ4v) is 1.23. The smallest absolute Gasteiger partial charge is 0.0365 e. The third-order valence-electron chi connectivity index (χ3n) is 1.88. The van der Waals surface area contributed by atoms with Gasteiger partial charge in [-0.15, -0.1) is 0 Å². The van der Waals surface area contributed by atoms with Gasteiger partial charge in [0.1, 0.15) is 0 Å². The fraction of sp³-hybridized carbons (Fsp3) is 0.400. The Bertz CT molecular complexity index is 194. The van der Waals surface area contributed by atoms with E-state index < -0.39 is 0 Å². The van der Waals surface area contributed by atoms with Crippen LogP contribution in [0, 0.1) is 0 Å². The number of hydrogen-bond donors (Lipinski definition) is 0. The molecule has 0 heterocycles. The van der Waals surface area contributed by atoms with Gasteiger partial charge in [-0.2, -0.15) is 0 Å². The van der Waals surface area contributed by atoms with E-state index in [0.29, 0.717) is 0 Å². The number of hydrogen-bond acceptors (Lipinski definition) is 1. The molecule has 0 aliphatic heterocycles. The van der Waals surface area contributed by atoms with Crippen LogP contribution in [0.5, 0.6) is 0 Å². The molecule has 4 radical (unpaired) electrons. The van der Waals surface area contributed by atoms with Gasteiger partial charge in [0.2, 0.25) is 0 Å². The maximum absolute atomic E-state index is 2.33. The van der Waals surface area contributed by atoms with E-state index in [9.17, 15) is 0 Å². The van der Waals surface area contributed by atoms with Crippen LogP contribution in [-0.4, -0.2) is 37.0 Å². The largest absolute Gasteiger partial charge is 0.372 e. The molecule has 0 aromatic heterocycles. The SMILES string of the molecule is CCN(CC)c1ccccc1.[Sn]. The maximum Gasteiger partial charge on any atom is 0.0365 e. The van der Waals surface area contributed by atoms with E-state index in [1.165, 1.54) is 5.69 Å². The number of nitrogens with zero attached hydrogens (tertiary/aromatic N) is 1. The third kappa shape index (κ3) is 3.05. The second kappa shape index (κ2) is 6.35. The van der Waals surface area contributed by atoms with Gasteiger partial charge in [-0.1, -0.05) is 18.2 Å². The summed E-state index contributed by atoms with van der Waals surface area (Å²) in [5.41, 5.74) is 1.32. The van der Waals surface area contributed by atoms with Gasteiger partial charge in [-0.05, 0) is 26.0 Å². The van der Waals surface area contributed by atoms with Crippen molar-refractivity contribution in [3.63, 3.8) is 0 Å². The summed E-state index contributed by atoms with van der Waals surface area (Å²) in [7, 11) is 0. The second-order valence-corrected chi connectivity index (χ2v) is 2.51. The topological polar surface area (TPSA) is 3.24 Å². The molecule has 1 aromatic rings. The molecule has 0 bridgehead atoms. The van der Waals surface area contributed by atoms with Crippen LogP contribution < -0.4 is 4.90 Å². The predicted molar refractivity (Wildman–Crippen MR) is 55.8 cm³/mol. The predicted octanol–water partition coefficient (Wildman–Crippen LogP) is 2.15. The number of benzene rings is 1. The van der Waals surface area contributed by atoms with E-state index in [1.54, 1.807) is 0 Å². The van der Waals surface area contributed by atoms with Crippen LogP contribution in [0.25, 0.3) is 0 Å². The molecule has 0 aliphatic rings. The normalized spacial score (nSPS) is 8.83. The number of rotatable bonds is 3. The van der Waals surface area contributed by atoms with Crippen molar-refractivity contribution < 1.29 is 0 Å². The summed E-state index contributed by atoms with van der Waals surface area (Å²) in [4.78, 5) is 2.33. The van der Waals surface area contributed by atoms with E-state index in [4.69, 9.17) is 0 Å². The van der Waals surface area contributed by atoms with Gasteiger partial charge in [0.05, 0.1) is 0 Å². The Balaban J connectivity index is 0.00000121.